The molecule has 0 aliphatic heterocycles. The van der Waals surface area contributed by atoms with E-state index in [1.165, 1.54) is 7.11 Å². The van der Waals surface area contributed by atoms with Crippen molar-refractivity contribution < 1.29 is 24.2 Å². The number of thioether (sulfide) groups is 1. The van der Waals surface area contributed by atoms with Crippen LogP contribution in [0.4, 0.5) is 0 Å². The third kappa shape index (κ3) is 7.10. The summed E-state index contributed by atoms with van der Waals surface area (Å²) in [6, 6.07) is 0. The van der Waals surface area contributed by atoms with Gasteiger partial charge >= 0.3 is 11.9 Å². The number of carbonyl (C=O) groups excluding carboxylic acids is 2. The van der Waals surface area contributed by atoms with Gasteiger partial charge in [-0.25, -0.2) is 0 Å². The van der Waals surface area contributed by atoms with E-state index in [2.05, 4.69) is 27.7 Å². The first kappa shape index (κ1) is 25.2. The number of hydrogen-bond acceptors (Lipinski definition) is 6. The Kier molecular flexibility index (Phi) is 11.5. The molecular weight excluding hydrogens is 352 g/mol. The lowest BCUT2D eigenvalue weighted by atomic mass is 9.69. The topological polar surface area (TPSA) is 72.8 Å². The SMILES string of the molecule is CCC(O)COC(=O)CSC(CC)(CC)CC(C)(C(=O)OC)C(C)CC. The van der Waals surface area contributed by atoms with Crippen LogP contribution < -0.4 is 0 Å². The molecule has 0 aromatic rings. The van der Waals surface area contributed by atoms with Crippen molar-refractivity contribution in [3.8, 4) is 0 Å². The van der Waals surface area contributed by atoms with Crippen molar-refractivity contribution in [3.63, 3.8) is 0 Å². The molecule has 6 heteroatoms. The van der Waals surface area contributed by atoms with E-state index in [9.17, 15) is 14.7 Å². The van der Waals surface area contributed by atoms with Crippen LogP contribution in [0, 0.1) is 11.3 Å². The van der Waals surface area contributed by atoms with Gasteiger partial charge in [0.15, 0.2) is 0 Å². The molecule has 154 valence electrons. The van der Waals surface area contributed by atoms with E-state index in [1.54, 1.807) is 11.8 Å². The molecule has 0 rings (SSSR count). The second kappa shape index (κ2) is 11.9. The van der Waals surface area contributed by atoms with E-state index in [0.29, 0.717) is 12.8 Å². The minimum absolute atomic E-state index is 0.0356. The standard InChI is InChI=1S/C20H38O5S/c1-8-15(5)19(6,18(23)24-7)14-20(10-3,11-4)26-13-17(22)25-12-16(21)9-2/h15-16,21H,8-14H2,1-7H3. The molecule has 0 heterocycles. The minimum Gasteiger partial charge on any atom is -0.469 e. The maximum atomic E-state index is 12.5. The summed E-state index contributed by atoms with van der Waals surface area (Å²) in [4.78, 5) is 24.6. The number of rotatable bonds is 13. The fourth-order valence-electron chi connectivity index (χ4n) is 3.12. The first-order valence-corrected chi connectivity index (χ1v) is 10.7. The lowest BCUT2D eigenvalue weighted by molar-refractivity contribution is -0.156. The van der Waals surface area contributed by atoms with Crippen molar-refractivity contribution in [3.05, 3.63) is 0 Å². The van der Waals surface area contributed by atoms with Crippen LogP contribution in [0.3, 0.4) is 0 Å². The predicted molar refractivity (Wildman–Crippen MR) is 107 cm³/mol. The molecule has 0 aromatic carbocycles. The summed E-state index contributed by atoms with van der Waals surface area (Å²) < 4.78 is 10.1. The maximum absolute atomic E-state index is 12.5. The second-order valence-electron chi connectivity index (χ2n) is 7.32. The molecule has 0 aliphatic carbocycles. The second-order valence-corrected chi connectivity index (χ2v) is 8.76. The Hall–Kier alpha value is -0.750. The van der Waals surface area contributed by atoms with Gasteiger partial charge in [0, 0.05) is 4.75 Å². The molecule has 0 bridgehead atoms. The van der Waals surface area contributed by atoms with Crippen LogP contribution in [0.2, 0.25) is 0 Å². The van der Waals surface area contributed by atoms with Crippen molar-refractivity contribution >= 4 is 23.7 Å². The summed E-state index contributed by atoms with van der Waals surface area (Å²) in [7, 11) is 1.44. The lowest BCUT2D eigenvalue weighted by Crippen LogP contribution is -2.43. The van der Waals surface area contributed by atoms with Crippen LogP contribution in [0.5, 0.6) is 0 Å². The Labute approximate surface area is 163 Å². The fourth-order valence-corrected chi connectivity index (χ4v) is 4.43. The number of methoxy groups -OCH3 is 1. The molecule has 0 spiro atoms. The molecule has 1 N–H and O–H groups in total. The minimum atomic E-state index is -0.612. The highest BCUT2D eigenvalue weighted by Crippen LogP contribution is 2.47. The smallest absolute Gasteiger partial charge is 0.316 e. The molecule has 5 nitrogen and oxygen atoms in total. The van der Waals surface area contributed by atoms with Gasteiger partial charge in [-0.1, -0.05) is 41.0 Å². The van der Waals surface area contributed by atoms with Gasteiger partial charge in [-0.2, -0.15) is 0 Å². The van der Waals surface area contributed by atoms with E-state index in [-0.39, 0.29) is 35.0 Å². The Morgan fingerprint density at radius 3 is 2.12 bits per heavy atom. The molecule has 26 heavy (non-hydrogen) atoms. The number of aliphatic hydroxyl groups excluding tert-OH is 1. The molecule has 0 saturated carbocycles. The highest BCUT2D eigenvalue weighted by molar-refractivity contribution is 8.01. The summed E-state index contributed by atoms with van der Waals surface area (Å²) in [5.41, 5.74) is -0.592. The Morgan fingerprint density at radius 2 is 1.69 bits per heavy atom. The van der Waals surface area contributed by atoms with Crippen molar-refractivity contribution in [1.29, 1.82) is 0 Å². The summed E-state index contributed by atoms with van der Waals surface area (Å²) >= 11 is 1.56. The zero-order chi connectivity index (χ0) is 20.4. The molecule has 0 fully saturated rings. The van der Waals surface area contributed by atoms with E-state index in [4.69, 9.17) is 9.47 Å². The van der Waals surface area contributed by atoms with Crippen molar-refractivity contribution in [2.24, 2.45) is 11.3 Å². The van der Waals surface area contributed by atoms with Crippen LogP contribution in [-0.2, 0) is 19.1 Å². The van der Waals surface area contributed by atoms with Gasteiger partial charge in [0.25, 0.3) is 0 Å². The monoisotopic (exact) mass is 390 g/mol. The number of aliphatic hydroxyl groups is 1. The predicted octanol–water partition coefficient (Wildman–Crippen LogP) is 4.21. The van der Waals surface area contributed by atoms with Gasteiger partial charge in [0.1, 0.15) is 6.61 Å². The van der Waals surface area contributed by atoms with Crippen molar-refractivity contribution in [1.82, 2.24) is 0 Å². The molecule has 0 saturated heterocycles. The summed E-state index contributed by atoms with van der Waals surface area (Å²) in [6.45, 7) is 12.2. The van der Waals surface area contributed by atoms with Crippen LogP contribution in [0.25, 0.3) is 0 Å². The highest BCUT2D eigenvalue weighted by atomic mass is 32.2. The zero-order valence-electron chi connectivity index (χ0n) is 17.6. The van der Waals surface area contributed by atoms with Crippen LogP contribution in [-0.4, -0.2) is 47.4 Å². The Morgan fingerprint density at radius 1 is 1.12 bits per heavy atom. The van der Waals surface area contributed by atoms with E-state index < -0.39 is 11.5 Å². The Balaban J connectivity index is 5.16. The maximum Gasteiger partial charge on any atom is 0.316 e. The van der Waals surface area contributed by atoms with Gasteiger partial charge in [0.05, 0.1) is 24.4 Å². The lowest BCUT2D eigenvalue weighted by Gasteiger charge is -2.41. The van der Waals surface area contributed by atoms with Crippen LogP contribution >= 0.6 is 11.8 Å². The van der Waals surface area contributed by atoms with Gasteiger partial charge < -0.3 is 14.6 Å². The molecule has 0 amide bonds. The zero-order valence-corrected chi connectivity index (χ0v) is 18.4. The van der Waals surface area contributed by atoms with Gasteiger partial charge in [0.2, 0.25) is 0 Å². The van der Waals surface area contributed by atoms with Gasteiger partial charge in [-0.05, 0) is 38.5 Å². The van der Waals surface area contributed by atoms with Crippen LogP contribution in [0.1, 0.15) is 73.6 Å². The molecule has 0 aromatic heterocycles. The van der Waals surface area contributed by atoms with Crippen molar-refractivity contribution in [2.75, 3.05) is 19.5 Å². The summed E-state index contributed by atoms with van der Waals surface area (Å²) in [6.07, 6.45) is 3.19. The first-order valence-electron chi connectivity index (χ1n) is 9.70. The van der Waals surface area contributed by atoms with E-state index >= 15 is 0 Å². The number of hydrogen-bond donors (Lipinski definition) is 1. The van der Waals surface area contributed by atoms with Gasteiger partial charge in [-0.3, -0.25) is 9.59 Å². The van der Waals surface area contributed by atoms with Crippen LogP contribution in [0.15, 0.2) is 0 Å². The number of esters is 2. The summed E-state index contributed by atoms with van der Waals surface area (Å²) in [5.74, 6) is -0.111. The van der Waals surface area contributed by atoms with E-state index in [0.717, 1.165) is 19.3 Å². The highest BCUT2D eigenvalue weighted by Gasteiger charge is 2.45. The first-order chi connectivity index (χ1) is 12.1. The molecular formula is C20H38O5S. The Bertz CT molecular complexity index is 436. The largest absolute Gasteiger partial charge is 0.469 e. The third-order valence-corrected chi connectivity index (χ3v) is 7.45. The molecule has 0 aliphatic rings. The molecule has 3 atom stereocenters. The fraction of sp³-hybridized carbons (Fsp3) is 0.900. The average Bonchev–Trinajstić information content (AvgIpc) is 2.67. The average molecular weight is 391 g/mol. The quantitative estimate of drug-likeness (QED) is 0.475. The third-order valence-electron chi connectivity index (χ3n) is 5.73. The summed E-state index contributed by atoms with van der Waals surface area (Å²) in [5, 5.41) is 9.52. The van der Waals surface area contributed by atoms with E-state index in [1.807, 2.05) is 13.8 Å². The normalized spacial score (nSPS) is 16.5. The number of carbonyl (C=O) groups is 2. The molecule has 3 unspecified atom stereocenters. The van der Waals surface area contributed by atoms with Gasteiger partial charge in [-0.15, -0.1) is 11.8 Å². The number of ether oxygens (including phenoxy) is 2. The van der Waals surface area contributed by atoms with Crippen molar-refractivity contribution in [2.45, 2.75) is 84.5 Å². The molecule has 0 radical (unpaired) electrons.